The van der Waals surface area contributed by atoms with Gasteiger partial charge in [-0.2, -0.15) is 0 Å². The van der Waals surface area contributed by atoms with Crippen molar-refractivity contribution in [2.24, 2.45) is 5.41 Å². The van der Waals surface area contributed by atoms with Gasteiger partial charge in [0, 0.05) is 11.0 Å². The minimum atomic E-state index is -0.725. The number of carbonyl (C=O) groups is 3. The van der Waals surface area contributed by atoms with E-state index in [2.05, 4.69) is 5.32 Å². The molecule has 0 bridgehead atoms. The molecule has 0 saturated heterocycles. The average Bonchev–Trinajstić information content (AvgIpc) is 2.30. The van der Waals surface area contributed by atoms with Crippen LogP contribution in [0.4, 0.5) is 5.69 Å². The smallest absolute Gasteiger partial charge is 0.229 e. The molecule has 1 amide bonds. The van der Waals surface area contributed by atoms with Crippen LogP contribution < -0.4 is 5.32 Å². The maximum Gasteiger partial charge on any atom is 0.229 e. The molecule has 0 fully saturated rings. The zero-order chi connectivity index (χ0) is 14.8. The number of rotatable bonds is 3. The molecule has 0 spiro atoms. The van der Waals surface area contributed by atoms with Crippen molar-refractivity contribution in [3.05, 3.63) is 27.7 Å². The van der Waals surface area contributed by atoms with Gasteiger partial charge in [-0.1, -0.05) is 44.0 Å². The first-order chi connectivity index (χ1) is 8.66. The molecule has 3 N–H and O–H groups in total. The van der Waals surface area contributed by atoms with Gasteiger partial charge in [0.05, 0.1) is 15.7 Å². The lowest BCUT2D eigenvalue weighted by molar-refractivity contribution is -0.123. The summed E-state index contributed by atoms with van der Waals surface area (Å²) in [6.07, 6.45) is 0.176. The van der Waals surface area contributed by atoms with E-state index in [1.54, 1.807) is 20.8 Å². The number of ketones is 1. The van der Waals surface area contributed by atoms with Gasteiger partial charge in [-0.25, -0.2) is 0 Å². The minimum absolute atomic E-state index is 0. The highest BCUT2D eigenvalue weighted by Crippen LogP contribution is 2.33. The Bertz CT molecular complexity index is 527. The molecule has 0 aliphatic carbocycles. The van der Waals surface area contributed by atoms with Crippen molar-refractivity contribution in [3.63, 3.8) is 0 Å². The lowest BCUT2D eigenvalue weighted by Gasteiger charge is -2.19. The highest BCUT2D eigenvalue weighted by atomic mass is 35.5. The Kier molecular flexibility index (Phi) is 6.34. The third-order valence-corrected chi connectivity index (χ3v) is 2.95. The molecule has 0 atom stereocenters. The van der Waals surface area contributed by atoms with E-state index in [0.29, 0.717) is 0 Å². The first-order valence-electron chi connectivity index (χ1n) is 5.47. The van der Waals surface area contributed by atoms with Gasteiger partial charge in [-0.05, 0) is 12.1 Å². The van der Waals surface area contributed by atoms with Crippen molar-refractivity contribution >= 4 is 46.9 Å². The molecule has 0 aliphatic heterocycles. The lowest BCUT2D eigenvalue weighted by atomic mass is 9.95. The standard InChI is InChI=1S/C13H13Cl2NO3.H2O/c1-13(2,3)12(19)16-11-8(14)4-7(5-9(11)15)10(18)6-17;/h4-6H,1-3H3,(H,16,19);1H2. The number of Topliss-reactive ketones (excluding diaryl/α,β-unsaturated/α-hetero) is 1. The summed E-state index contributed by atoms with van der Waals surface area (Å²) in [6.45, 7) is 5.23. The molecule has 0 aromatic heterocycles. The summed E-state index contributed by atoms with van der Waals surface area (Å²) >= 11 is 11.9. The Labute approximate surface area is 126 Å². The number of hydrogen-bond acceptors (Lipinski definition) is 3. The van der Waals surface area contributed by atoms with Crippen molar-refractivity contribution in [2.45, 2.75) is 20.8 Å². The summed E-state index contributed by atoms with van der Waals surface area (Å²) in [5.74, 6) is -0.983. The second kappa shape index (κ2) is 6.83. The number of anilines is 1. The van der Waals surface area contributed by atoms with E-state index in [4.69, 9.17) is 23.2 Å². The van der Waals surface area contributed by atoms with E-state index >= 15 is 0 Å². The molecular weight excluding hydrogens is 305 g/mol. The van der Waals surface area contributed by atoms with E-state index in [9.17, 15) is 14.4 Å². The number of carbonyl (C=O) groups excluding carboxylic acids is 3. The molecule has 1 rings (SSSR count). The number of amides is 1. The van der Waals surface area contributed by atoms with Crippen LogP contribution in [0.3, 0.4) is 0 Å². The van der Waals surface area contributed by atoms with Crippen LogP contribution in [0.5, 0.6) is 0 Å². The molecule has 0 heterocycles. The predicted octanol–water partition coefficient (Wildman–Crippen LogP) is 2.53. The summed E-state index contributed by atoms with van der Waals surface area (Å²) in [5, 5.41) is 2.81. The Morgan fingerprint density at radius 2 is 1.60 bits per heavy atom. The summed E-state index contributed by atoms with van der Waals surface area (Å²) < 4.78 is 0. The van der Waals surface area contributed by atoms with Crippen molar-refractivity contribution in [1.82, 2.24) is 0 Å². The summed E-state index contributed by atoms with van der Waals surface area (Å²) in [4.78, 5) is 33.5. The topological polar surface area (TPSA) is 94.7 Å². The second-order valence-electron chi connectivity index (χ2n) is 5.00. The van der Waals surface area contributed by atoms with E-state index in [0.717, 1.165) is 0 Å². The van der Waals surface area contributed by atoms with Gasteiger partial charge in [0.2, 0.25) is 11.7 Å². The SMILES string of the molecule is CC(C)(C)C(=O)Nc1c(Cl)cc(C(=O)C=O)cc1Cl.O. The van der Waals surface area contributed by atoms with E-state index in [-0.39, 0.29) is 39.0 Å². The summed E-state index contributed by atoms with van der Waals surface area (Å²) in [6, 6.07) is 2.59. The molecule has 0 aliphatic rings. The van der Waals surface area contributed by atoms with Crippen molar-refractivity contribution < 1.29 is 19.9 Å². The van der Waals surface area contributed by atoms with Crippen LogP contribution in [0, 0.1) is 5.41 Å². The van der Waals surface area contributed by atoms with Crippen LogP contribution in [-0.4, -0.2) is 23.5 Å². The van der Waals surface area contributed by atoms with Gasteiger partial charge in [-0.3, -0.25) is 14.4 Å². The number of aldehydes is 1. The average molecular weight is 320 g/mol. The van der Waals surface area contributed by atoms with Crippen LogP contribution in [0.2, 0.25) is 10.0 Å². The highest BCUT2D eigenvalue weighted by Gasteiger charge is 2.23. The van der Waals surface area contributed by atoms with E-state index < -0.39 is 11.2 Å². The first-order valence-corrected chi connectivity index (χ1v) is 6.22. The van der Waals surface area contributed by atoms with Crippen LogP contribution >= 0.6 is 23.2 Å². The van der Waals surface area contributed by atoms with Crippen LogP contribution in [0.25, 0.3) is 0 Å². The zero-order valence-electron chi connectivity index (χ0n) is 11.2. The number of halogens is 2. The largest absolute Gasteiger partial charge is 0.412 e. The molecule has 1 aromatic rings. The molecule has 1 aromatic carbocycles. The maximum atomic E-state index is 11.9. The van der Waals surface area contributed by atoms with Crippen LogP contribution in [0.15, 0.2) is 12.1 Å². The summed E-state index contributed by atoms with van der Waals surface area (Å²) in [5.41, 5.74) is -0.298. The molecule has 7 heteroatoms. The fourth-order valence-corrected chi connectivity index (χ4v) is 1.79. The molecular formula is C13H15Cl2NO4. The number of hydrogen-bond donors (Lipinski definition) is 1. The third-order valence-electron chi connectivity index (χ3n) is 2.35. The molecule has 0 radical (unpaired) electrons. The van der Waals surface area contributed by atoms with Gasteiger partial charge >= 0.3 is 0 Å². The van der Waals surface area contributed by atoms with Gasteiger partial charge < -0.3 is 10.8 Å². The van der Waals surface area contributed by atoms with Gasteiger partial charge in [0.25, 0.3) is 0 Å². The minimum Gasteiger partial charge on any atom is -0.412 e. The van der Waals surface area contributed by atoms with Crippen LogP contribution in [-0.2, 0) is 9.59 Å². The normalized spacial score (nSPS) is 10.4. The van der Waals surface area contributed by atoms with Crippen molar-refractivity contribution in [3.8, 4) is 0 Å². The van der Waals surface area contributed by atoms with E-state index in [1.807, 2.05) is 0 Å². The Morgan fingerprint density at radius 3 is 1.95 bits per heavy atom. The number of nitrogens with one attached hydrogen (secondary N) is 1. The predicted molar refractivity (Wildman–Crippen MR) is 78.6 cm³/mol. The summed E-state index contributed by atoms with van der Waals surface area (Å²) in [7, 11) is 0. The van der Waals surface area contributed by atoms with Crippen molar-refractivity contribution in [2.75, 3.05) is 5.32 Å². The van der Waals surface area contributed by atoms with Gasteiger partial charge in [-0.15, -0.1) is 0 Å². The third kappa shape index (κ3) is 4.30. The fourth-order valence-electron chi connectivity index (χ4n) is 1.20. The highest BCUT2D eigenvalue weighted by molar-refractivity contribution is 6.42. The molecule has 20 heavy (non-hydrogen) atoms. The Hall–Kier alpha value is -1.43. The van der Waals surface area contributed by atoms with Gasteiger partial charge in [0.15, 0.2) is 6.29 Å². The Morgan fingerprint density at radius 1 is 1.15 bits per heavy atom. The van der Waals surface area contributed by atoms with Crippen LogP contribution in [0.1, 0.15) is 31.1 Å². The molecule has 110 valence electrons. The Balaban J connectivity index is 0.00000361. The first kappa shape index (κ1) is 18.6. The van der Waals surface area contributed by atoms with E-state index in [1.165, 1.54) is 12.1 Å². The monoisotopic (exact) mass is 319 g/mol. The van der Waals surface area contributed by atoms with Crippen molar-refractivity contribution in [1.29, 1.82) is 0 Å². The number of benzene rings is 1. The maximum absolute atomic E-state index is 11.9. The molecule has 0 unspecified atom stereocenters. The molecule has 5 nitrogen and oxygen atoms in total. The zero-order valence-corrected chi connectivity index (χ0v) is 12.7. The quantitative estimate of drug-likeness (QED) is 0.526. The fraction of sp³-hybridized carbons (Fsp3) is 0.308. The second-order valence-corrected chi connectivity index (χ2v) is 5.82. The lowest BCUT2D eigenvalue weighted by Crippen LogP contribution is -2.27. The molecule has 0 saturated carbocycles. The van der Waals surface area contributed by atoms with Gasteiger partial charge in [0.1, 0.15) is 0 Å².